The van der Waals surface area contributed by atoms with Crippen molar-refractivity contribution < 1.29 is 26.4 Å². The number of rotatable bonds is 2. The van der Waals surface area contributed by atoms with Crippen LogP contribution in [-0.4, -0.2) is 359 Å². The Morgan fingerprint density at radius 3 is 0.874 bits per heavy atom. The van der Waals surface area contributed by atoms with Gasteiger partial charge in [-0.3, -0.25) is 48.8 Å². The highest BCUT2D eigenvalue weighted by Gasteiger charge is 2.37. The summed E-state index contributed by atoms with van der Waals surface area (Å²) in [5.74, 6) is 3.48. The van der Waals surface area contributed by atoms with Crippen molar-refractivity contribution in [3.05, 3.63) is 0 Å². The number of hydrogen-bond donors (Lipinski definition) is 0. The lowest BCUT2D eigenvalue weighted by Crippen LogP contribution is -2.54. The van der Waals surface area contributed by atoms with Crippen LogP contribution in [0.25, 0.3) is 0 Å². The molecule has 10 heterocycles. The van der Waals surface area contributed by atoms with Gasteiger partial charge in [0, 0.05) is 211 Å². The first-order valence-electron chi connectivity index (χ1n) is 43.9. The van der Waals surface area contributed by atoms with Crippen LogP contribution >= 0.6 is 11.8 Å². The summed E-state index contributed by atoms with van der Waals surface area (Å²) in [5.41, 5.74) is 2.50. The van der Waals surface area contributed by atoms with Gasteiger partial charge in [0.15, 0.2) is 0 Å². The number of carbonyl (C=O) groups excluding carboxylic acids is 2. The quantitative estimate of drug-likeness (QED) is 0.258. The minimum atomic E-state index is -2.99. The normalized spacial score (nSPS) is 22.8. The summed E-state index contributed by atoms with van der Waals surface area (Å²) >= 11 is 2.07. The Balaban J connectivity index is 0.000000618. The molecule has 111 heavy (non-hydrogen) atoms. The number of carbonyl (C=O) groups is 2. The monoisotopic (exact) mass is 1630 g/mol. The first-order chi connectivity index (χ1) is 50.4. The van der Waals surface area contributed by atoms with Crippen molar-refractivity contribution in [1.82, 2.24) is 67.4 Å². The van der Waals surface area contributed by atoms with Crippen molar-refractivity contribution in [2.75, 3.05) is 207 Å². The fourth-order valence-corrected chi connectivity index (χ4v) is 18.9. The van der Waals surface area contributed by atoms with Crippen molar-refractivity contribution in [3.63, 3.8) is 0 Å². The Labute approximate surface area is 694 Å². The van der Waals surface area contributed by atoms with Crippen LogP contribution in [0.1, 0.15) is 299 Å². The second-order valence-corrected chi connectivity index (χ2v) is 47.9. The lowest BCUT2D eigenvalue weighted by Gasteiger charge is -2.42. The van der Waals surface area contributed by atoms with E-state index in [1.54, 1.807) is 15.5 Å². The molecule has 10 aliphatic rings. The van der Waals surface area contributed by atoms with Crippen molar-refractivity contribution in [2.24, 2.45) is 0 Å². The standard InChI is InChI=1S/C10H20N2O.C10H22N2.C9H20N2O2S.C9H20N2.C9H17NO.2C9H19N.C8H17NS.C8H17N.C7H15NO2S/c1-9(13)11-5-7-12(8-6-11)10(2,3)4;1-5-11-6-8-12(9-7-11)10(2,3)4;1-9(2,3)10-5-7-11(8-6-10)14(4,12)13;1-9(2,3)11-7-5-10(4)6-8-11;1-9(2,3)10-7-5-4-6-8(10)11;2*1-9(2,3)10-7-5-4-6-8-10;1-8(2,3)9-4-6-10-7-5-9;1-8(2,3)9-6-4-5-7-9;1-7(2,3)8-5-4-6-11(8,9)10/h5-8H2,1-4H3;5-9H2,1-4H3;5-8H2,1-4H3;5-8H2,1-4H3;4-7H2,1-3H3;2*4-8H2,1-3H3;4-7H2,1-3H3;4-7H2,1-3H3;4-6H2,1-3H3. The van der Waals surface area contributed by atoms with Gasteiger partial charge in [0.1, 0.15) is 0 Å². The molecule has 23 heteroatoms. The summed E-state index contributed by atoms with van der Waals surface area (Å²) in [6.07, 6.45) is 16.3. The van der Waals surface area contributed by atoms with Crippen LogP contribution in [0.4, 0.5) is 0 Å². The maximum absolute atomic E-state index is 11.4. The molecule has 0 saturated carbocycles. The number of hydrogen-bond acceptors (Lipinski definition) is 17. The van der Waals surface area contributed by atoms with Crippen LogP contribution in [0, 0.1) is 0 Å². The summed E-state index contributed by atoms with van der Waals surface area (Å²) in [5, 5.41) is 0. The van der Waals surface area contributed by atoms with Gasteiger partial charge in [-0.05, 0) is 318 Å². The molecule has 0 aromatic carbocycles. The van der Waals surface area contributed by atoms with E-state index in [4.69, 9.17) is 0 Å². The van der Waals surface area contributed by atoms with E-state index in [0.29, 0.717) is 64.5 Å². The second-order valence-electron chi connectivity index (χ2n) is 42.7. The molecule has 662 valence electrons. The lowest BCUT2D eigenvalue weighted by molar-refractivity contribution is -0.138. The highest BCUT2D eigenvalue weighted by molar-refractivity contribution is 7.99. The van der Waals surface area contributed by atoms with Gasteiger partial charge in [-0.2, -0.15) is 20.4 Å². The Morgan fingerprint density at radius 1 is 0.351 bits per heavy atom. The molecular weight excluding hydrogens is 1450 g/mol. The van der Waals surface area contributed by atoms with E-state index in [1.165, 1.54) is 187 Å². The first kappa shape index (κ1) is 108. The van der Waals surface area contributed by atoms with E-state index >= 15 is 0 Å². The number of sulfonamides is 2. The number of amides is 2. The van der Waals surface area contributed by atoms with Crippen LogP contribution in [0.15, 0.2) is 0 Å². The maximum Gasteiger partial charge on any atom is 0.222 e. The largest absolute Gasteiger partial charge is 0.340 e. The van der Waals surface area contributed by atoms with Crippen molar-refractivity contribution >= 4 is 43.6 Å². The van der Waals surface area contributed by atoms with Gasteiger partial charge in [0.2, 0.25) is 31.9 Å². The van der Waals surface area contributed by atoms with E-state index in [0.717, 1.165) is 65.1 Å². The molecule has 0 unspecified atom stereocenters. The van der Waals surface area contributed by atoms with Gasteiger partial charge in [-0.15, -0.1) is 0 Å². The zero-order chi connectivity index (χ0) is 85.6. The smallest absolute Gasteiger partial charge is 0.222 e. The number of piperazine rings is 4. The zero-order valence-corrected chi connectivity index (χ0v) is 82.1. The predicted octanol–water partition coefficient (Wildman–Crippen LogP) is 14.6. The van der Waals surface area contributed by atoms with Gasteiger partial charge in [0.05, 0.1) is 12.0 Å². The third-order valence-electron chi connectivity index (χ3n) is 23.2. The third-order valence-corrected chi connectivity index (χ3v) is 27.6. The highest BCUT2D eigenvalue weighted by Crippen LogP contribution is 2.27. The molecule has 10 aliphatic heterocycles. The molecule has 0 N–H and O–H groups in total. The van der Waals surface area contributed by atoms with Gasteiger partial charge in [-0.1, -0.05) is 19.8 Å². The molecule has 0 aromatic rings. The van der Waals surface area contributed by atoms with E-state index in [1.807, 2.05) is 30.6 Å². The zero-order valence-electron chi connectivity index (χ0n) is 79.6. The molecule has 0 atom stereocenters. The van der Waals surface area contributed by atoms with Crippen LogP contribution in [0.2, 0.25) is 0 Å². The van der Waals surface area contributed by atoms with Crippen molar-refractivity contribution in [3.8, 4) is 0 Å². The molecule has 0 spiro atoms. The van der Waals surface area contributed by atoms with Crippen LogP contribution < -0.4 is 0 Å². The molecule has 0 radical (unpaired) electrons. The summed E-state index contributed by atoms with van der Waals surface area (Å²) in [6.45, 7) is 100. The van der Waals surface area contributed by atoms with Gasteiger partial charge >= 0.3 is 0 Å². The molecule has 0 aliphatic carbocycles. The van der Waals surface area contributed by atoms with Crippen LogP contribution in [-0.2, 0) is 29.6 Å². The number of nitrogens with zero attached hydrogens (tertiary/aromatic N) is 14. The number of likely N-dealkylation sites (tertiary alicyclic amines) is 4. The molecule has 20 nitrogen and oxygen atoms in total. The number of thioether (sulfide) groups is 1. The average Bonchev–Trinajstić information content (AvgIpc) is 1.68. The predicted molar refractivity (Wildman–Crippen MR) is 483 cm³/mol. The summed E-state index contributed by atoms with van der Waals surface area (Å²) < 4.78 is 48.3. The Morgan fingerprint density at radius 2 is 0.640 bits per heavy atom. The Bertz CT molecular complexity index is 2660. The SMILES string of the molecule is CC(=O)N1CCN(C(C)(C)C)CC1.CC(C)(C)N1CCCC1.CC(C)(C)N1CCCCC1.CC(C)(C)N1CCCCC1.CC(C)(C)N1CCCCC1=O.CC(C)(C)N1CCCS1(=O)=O.CC(C)(C)N1CCN(S(C)(=O)=O)CC1.CC(C)(C)N1CCSCC1.CCN1CCN(C(C)(C)C)CC1.CN1CCN(C(C)(C)C)CC1. The van der Waals surface area contributed by atoms with Gasteiger partial charge < -0.3 is 19.6 Å². The molecule has 10 saturated heterocycles. The van der Waals surface area contributed by atoms with E-state index in [2.05, 4.69) is 262 Å². The Kier molecular flexibility index (Phi) is 46.8. The second kappa shape index (κ2) is 48.2. The lowest BCUT2D eigenvalue weighted by atomic mass is 10.0. The van der Waals surface area contributed by atoms with E-state index in [9.17, 15) is 26.4 Å². The molecular formula is C88H186N14O6S3. The Hall–Kier alpha value is -1.29. The maximum atomic E-state index is 11.4. The van der Waals surface area contributed by atoms with Crippen molar-refractivity contribution in [1.29, 1.82) is 0 Å². The van der Waals surface area contributed by atoms with Gasteiger partial charge in [0.25, 0.3) is 0 Å². The fourth-order valence-electron chi connectivity index (χ4n) is 15.3. The van der Waals surface area contributed by atoms with Crippen LogP contribution in [0.3, 0.4) is 0 Å². The highest BCUT2D eigenvalue weighted by atomic mass is 32.2. The third kappa shape index (κ3) is 45.1. The first-order valence-corrected chi connectivity index (χ1v) is 48.6. The summed E-state index contributed by atoms with van der Waals surface area (Å²) in [6, 6.07) is 0. The molecule has 0 aromatic heterocycles. The molecule has 2 amide bonds. The minimum Gasteiger partial charge on any atom is -0.340 e. The van der Waals surface area contributed by atoms with Crippen LogP contribution in [0.5, 0.6) is 0 Å². The average molecular weight is 1630 g/mol. The fraction of sp³-hybridized carbons (Fsp3) is 0.977. The minimum absolute atomic E-state index is 0.0253. The summed E-state index contributed by atoms with van der Waals surface area (Å²) in [4.78, 5) is 51.4. The molecule has 10 fully saturated rings. The van der Waals surface area contributed by atoms with Crippen molar-refractivity contribution in [2.45, 2.75) is 354 Å². The van der Waals surface area contributed by atoms with Gasteiger partial charge in [-0.25, -0.2) is 16.8 Å². The topological polar surface area (TPSA) is 148 Å². The summed E-state index contributed by atoms with van der Waals surface area (Å²) in [7, 11) is -3.71. The molecule has 10 rings (SSSR count). The molecule has 0 bridgehead atoms. The van der Waals surface area contributed by atoms with E-state index < -0.39 is 20.0 Å². The number of likely N-dealkylation sites (N-methyl/N-ethyl adjacent to an activating group) is 2. The van der Waals surface area contributed by atoms with E-state index in [-0.39, 0.29) is 28.1 Å². The number of piperidine rings is 3.